The highest BCUT2D eigenvalue weighted by Gasteiger charge is 2.20. The summed E-state index contributed by atoms with van der Waals surface area (Å²) in [5.74, 6) is -1.40. The van der Waals surface area contributed by atoms with Crippen LogP contribution in [0.4, 0.5) is 5.69 Å². The third-order valence-corrected chi connectivity index (χ3v) is 4.13. The van der Waals surface area contributed by atoms with Crippen molar-refractivity contribution in [1.82, 2.24) is 0 Å². The van der Waals surface area contributed by atoms with E-state index in [2.05, 4.69) is 0 Å². The standard InChI is InChI=1S/C14H11NO6S/c1-22(20,21)11-4-2-3-9(7-11)10-5-6-12(14(16)17)13(8-10)15(18)19/h2-8H,1H3,(H,16,17). The van der Waals surface area contributed by atoms with Gasteiger partial charge in [-0.2, -0.15) is 0 Å². The maximum absolute atomic E-state index is 11.5. The molecule has 0 unspecified atom stereocenters. The Kier molecular flexibility index (Phi) is 3.96. The summed E-state index contributed by atoms with van der Waals surface area (Å²) in [5.41, 5.74) is -0.159. The van der Waals surface area contributed by atoms with Crippen molar-refractivity contribution in [1.29, 1.82) is 0 Å². The lowest BCUT2D eigenvalue weighted by atomic mass is 10.0. The van der Waals surface area contributed by atoms with Crippen LogP contribution < -0.4 is 0 Å². The highest BCUT2D eigenvalue weighted by atomic mass is 32.2. The molecule has 0 bridgehead atoms. The number of hydrogen-bond acceptors (Lipinski definition) is 5. The molecule has 1 N–H and O–H groups in total. The molecule has 8 heteroatoms. The smallest absolute Gasteiger partial charge is 0.342 e. The Morgan fingerprint density at radius 1 is 1.14 bits per heavy atom. The number of sulfone groups is 1. The molecule has 0 aliphatic rings. The number of carboxylic acid groups (broad SMARTS) is 1. The van der Waals surface area contributed by atoms with Gasteiger partial charge in [-0.25, -0.2) is 13.2 Å². The normalized spacial score (nSPS) is 11.1. The molecular formula is C14H11NO6S. The number of carboxylic acids is 1. The topological polar surface area (TPSA) is 115 Å². The molecule has 0 aliphatic heterocycles. The largest absolute Gasteiger partial charge is 0.477 e. The molecule has 0 aliphatic carbocycles. The zero-order valence-corrected chi connectivity index (χ0v) is 12.2. The minimum atomic E-state index is -3.41. The van der Waals surface area contributed by atoms with Crippen molar-refractivity contribution >= 4 is 21.5 Å². The van der Waals surface area contributed by atoms with E-state index in [0.717, 1.165) is 18.4 Å². The van der Waals surface area contributed by atoms with Crippen LogP contribution in [0, 0.1) is 10.1 Å². The summed E-state index contributed by atoms with van der Waals surface area (Å²) in [5, 5.41) is 19.9. The summed E-state index contributed by atoms with van der Waals surface area (Å²) in [6.07, 6.45) is 1.06. The number of carbonyl (C=O) groups is 1. The number of rotatable bonds is 4. The monoisotopic (exact) mass is 321 g/mol. The van der Waals surface area contributed by atoms with Gasteiger partial charge in [0, 0.05) is 12.3 Å². The summed E-state index contributed by atoms with van der Waals surface area (Å²) < 4.78 is 23.1. The van der Waals surface area contributed by atoms with E-state index in [0.29, 0.717) is 11.1 Å². The molecule has 2 rings (SSSR count). The molecule has 0 spiro atoms. The van der Waals surface area contributed by atoms with Gasteiger partial charge < -0.3 is 5.11 Å². The van der Waals surface area contributed by atoms with Crippen molar-refractivity contribution < 1.29 is 23.2 Å². The molecule has 0 aromatic heterocycles. The van der Waals surface area contributed by atoms with Crippen LogP contribution in [0.2, 0.25) is 0 Å². The van der Waals surface area contributed by atoms with Crippen molar-refractivity contribution in [2.24, 2.45) is 0 Å². The Morgan fingerprint density at radius 2 is 1.77 bits per heavy atom. The van der Waals surface area contributed by atoms with Gasteiger partial charge in [0.2, 0.25) is 0 Å². The molecule has 114 valence electrons. The molecule has 0 radical (unpaired) electrons. The predicted molar refractivity (Wildman–Crippen MR) is 78.6 cm³/mol. The van der Waals surface area contributed by atoms with Crippen LogP contribution in [0.25, 0.3) is 11.1 Å². The van der Waals surface area contributed by atoms with Crippen molar-refractivity contribution in [3.8, 4) is 11.1 Å². The van der Waals surface area contributed by atoms with Crippen LogP contribution in [-0.4, -0.2) is 30.7 Å². The second-order valence-corrected chi connectivity index (χ2v) is 6.61. The van der Waals surface area contributed by atoms with Gasteiger partial charge in [-0.15, -0.1) is 0 Å². The van der Waals surface area contributed by atoms with Crippen molar-refractivity contribution in [3.63, 3.8) is 0 Å². The first-order valence-electron chi connectivity index (χ1n) is 6.02. The number of hydrogen-bond donors (Lipinski definition) is 1. The van der Waals surface area contributed by atoms with Crippen molar-refractivity contribution in [3.05, 3.63) is 58.1 Å². The second-order valence-electron chi connectivity index (χ2n) is 4.59. The molecule has 2 aromatic carbocycles. The Labute approximate surface area is 125 Å². The van der Waals surface area contributed by atoms with Crippen LogP contribution in [0.1, 0.15) is 10.4 Å². The van der Waals surface area contributed by atoms with E-state index in [1.807, 2.05) is 0 Å². The van der Waals surface area contributed by atoms with Gasteiger partial charge in [-0.1, -0.05) is 18.2 Å². The van der Waals surface area contributed by atoms with Crippen LogP contribution in [0.5, 0.6) is 0 Å². The molecule has 0 heterocycles. The summed E-state index contributed by atoms with van der Waals surface area (Å²) in [6.45, 7) is 0. The fourth-order valence-corrected chi connectivity index (χ4v) is 2.62. The van der Waals surface area contributed by atoms with E-state index < -0.39 is 32.0 Å². The molecule has 0 fully saturated rings. The van der Waals surface area contributed by atoms with Crippen LogP contribution >= 0.6 is 0 Å². The van der Waals surface area contributed by atoms with Gasteiger partial charge >= 0.3 is 5.97 Å². The van der Waals surface area contributed by atoms with E-state index in [1.54, 1.807) is 6.07 Å². The van der Waals surface area contributed by atoms with Crippen molar-refractivity contribution in [2.75, 3.05) is 6.26 Å². The lowest BCUT2D eigenvalue weighted by Gasteiger charge is -2.06. The van der Waals surface area contributed by atoms with E-state index >= 15 is 0 Å². The van der Waals surface area contributed by atoms with Gasteiger partial charge in [0.15, 0.2) is 9.84 Å². The molecule has 0 amide bonds. The predicted octanol–water partition coefficient (Wildman–Crippen LogP) is 2.36. The van der Waals surface area contributed by atoms with Gasteiger partial charge in [0.05, 0.1) is 9.82 Å². The number of aromatic carboxylic acids is 1. The quantitative estimate of drug-likeness (QED) is 0.683. The van der Waals surface area contributed by atoms with Crippen LogP contribution in [-0.2, 0) is 9.84 Å². The molecule has 0 saturated carbocycles. The molecular weight excluding hydrogens is 310 g/mol. The first-order chi connectivity index (χ1) is 10.2. The summed E-state index contributed by atoms with van der Waals surface area (Å²) >= 11 is 0. The van der Waals surface area contributed by atoms with E-state index in [1.165, 1.54) is 24.3 Å². The Morgan fingerprint density at radius 3 is 2.32 bits per heavy atom. The highest BCUT2D eigenvalue weighted by Crippen LogP contribution is 2.28. The molecule has 22 heavy (non-hydrogen) atoms. The Hall–Kier alpha value is -2.74. The van der Waals surface area contributed by atoms with Crippen LogP contribution in [0.3, 0.4) is 0 Å². The Bertz CT molecular complexity index is 873. The third-order valence-electron chi connectivity index (χ3n) is 3.02. The minimum Gasteiger partial charge on any atom is -0.477 e. The first kappa shape index (κ1) is 15.6. The maximum Gasteiger partial charge on any atom is 0.342 e. The van der Waals surface area contributed by atoms with Crippen molar-refractivity contribution in [2.45, 2.75) is 4.90 Å². The second kappa shape index (κ2) is 5.57. The lowest BCUT2D eigenvalue weighted by molar-refractivity contribution is -0.385. The molecule has 0 atom stereocenters. The SMILES string of the molecule is CS(=O)(=O)c1cccc(-c2ccc(C(=O)O)c([N+](=O)[O-])c2)c1. The average molecular weight is 321 g/mol. The molecule has 2 aromatic rings. The maximum atomic E-state index is 11.5. The van der Waals surface area contributed by atoms with Gasteiger partial charge in [-0.05, 0) is 29.3 Å². The summed E-state index contributed by atoms with van der Waals surface area (Å²) in [4.78, 5) is 21.3. The van der Waals surface area contributed by atoms with E-state index in [4.69, 9.17) is 5.11 Å². The third kappa shape index (κ3) is 3.12. The lowest BCUT2D eigenvalue weighted by Crippen LogP contribution is -2.02. The Balaban J connectivity index is 2.62. The zero-order valence-electron chi connectivity index (χ0n) is 11.4. The van der Waals surface area contributed by atoms with E-state index in [-0.39, 0.29) is 4.90 Å². The fraction of sp³-hybridized carbons (Fsp3) is 0.0714. The van der Waals surface area contributed by atoms with E-state index in [9.17, 15) is 23.3 Å². The zero-order chi connectivity index (χ0) is 16.5. The van der Waals surface area contributed by atoms with Crippen LogP contribution in [0.15, 0.2) is 47.4 Å². The summed E-state index contributed by atoms with van der Waals surface area (Å²) in [7, 11) is -3.41. The minimum absolute atomic E-state index is 0.0787. The number of nitro benzene ring substituents is 1. The average Bonchev–Trinajstić information content (AvgIpc) is 2.45. The molecule has 7 nitrogen and oxygen atoms in total. The first-order valence-corrected chi connectivity index (χ1v) is 7.91. The van der Waals surface area contributed by atoms with Gasteiger partial charge in [0.1, 0.15) is 5.56 Å². The summed E-state index contributed by atoms with van der Waals surface area (Å²) in [6, 6.07) is 9.55. The molecule has 0 saturated heterocycles. The highest BCUT2D eigenvalue weighted by molar-refractivity contribution is 7.90. The number of benzene rings is 2. The number of nitro groups is 1. The fourth-order valence-electron chi connectivity index (χ4n) is 1.95. The van der Waals surface area contributed by atoms with Gasteiger partial charge in [0.25, 0.3) is 5.69 Å². The van der Waals surface area contributed by atoms with Gasteiger partial charge in [-0.3, -0.25) is 10.1 Å². The number of nitrogens with zero attached hydrogens (tertiary/aromatic N) is 1.